The molecular formula is C12H14N2O5. The fourth-order valence-electron chi connectivity index (χ4n) is 1.89. The summed E-state index contributed by atoms with van der Waals surface area (Å²) >= 11 is 0. The van der Waals surface area contributed by atoms with E-state index in [2.05, 4.69) is 5.32 Å². The lowest BCUT2D eigenvalue weighted by Gasteiger charge is -2.17. The summed E-state index contributed by atoms with van der Waals surface area (Å²) < 4.78 is 0. The van der Waals surface area contributed by atoms with Crippen molar-refractivity contribution in [3.05, 3.63) is 23.8 Å². The minimum absolute atomic E-state index is 0.0629. The lowest BCUT2D eigenvalue weighted by molar-refractivity contribution is 0.0696. The van der Waals surface area contributed by atoms with Gasteiger partial charge in [-0.05, 0) is 24.6 Å². The van der Waals surface area contributed by atoms with E-state index in [-0.39, 0.29) is 23.5 Å². The van der Waals surface area contributed by atoms with Crippen LogP contribution in [0.2, 0.25) is 0 Å². The number of likely N-dealkylation sites (tertiary alicyclic amines) is 1. The number of β-amino-alcohol motifs (C(OH)–C–C–N with tert-alkyl or cyclic N) is 1. The van der Waals surface area contributed by atoms with Crippen molar-refractivity contribution < 1.29 is 24.9 Å². The average molecular weight is 266 g/mol. The molecule has 1 aromatic carbocycles. The van der Waals surface area contributed by atoms with Gasteiger partial charge in [-0.2, -0.15) is 0 Å². The number of benzene rings is 1. The number of nitrogens with zero attached hydrogens (tertiary/aromatic N) is 1. The van der Waals surface area contributed by atoms with E-state index in [1.807, 2.05) is 0 Å². The number of urea groups is 1. The van der Waals surface area contributed by atoms with Crippen LogP contribution >= 0.6 is 0 Å². The third kappa shape index (κ3) is 2.94. The first-order valence-electron chi connectivity index (χ1n) is 5.77. The number of anilines is 1. The molecule has 0 aliphatic carbocycles. The molecule has 102 valence electrons. The zero-order valence-corrected chi connectivity index (χ0v) is 10.0. The van der Waals surface area contributed by atoms with Crippen LogP contribution in [0.15, 0.2) is 18.2 Å². The number of aromatic carboxylic acids is 1. The van der Waals surface area contributed by atoms with Crippen molar-refractivity contribution in [3.63, 3.8) is 0 Å². The number of aliphatic hydroxyl groups is 1. The van der Waals surface area contributed by atoms with Gasteiger partial charge in [-0.3, -0.25) is 0 Å². The standard InChI is InChI=1S/C12H14N2O5/c15-8-3-4-14(6-8)12(19)13-9-2-1-7(11(17)18)5-10(9)16/h1-2,5,8,15-16H,3-4,6H2,(H,13,19)(H,17,18). The van der Waals surface area contributed by atoms with Crippen molar-refractivity contribution in [1.29, 1.82) is 0 Å². The van der Waals surface area contributed by atoms with Gasteiger partial charge in [-0.1, -0.05) is 0 Å². The number of aromatic hydroxyl groups is 1. The van der Waals surface area contributed by atoms with Crippen LogP contribution in [0, 0.1) is 0 Å². The Bertz CT molecular complexity index is 517. The number of carboxylic acids is 1. The molecule has 1 aromatic rings. The van der Waals surface area contributed by atoms with Crippen molar-refractivity contribution in [3.8, 4) is 5.75 Å². The molecular weight excluding hydrogens is 252 g/mol. The first-order valence-corrected chi connectivity index (χ1v) is 5.77. The van der Waals surface area contributed by atoms with Gasteiger partial charge in [0.05, 0.1) is 17.4 Å². The summed E-state index contributed by atoms with van der Waals surface area (Å²) in [5.41, 5.74) is 0.0727. The van der Waals surface area contributed by atoms with Gasteiger partial charge in [0.1, 0.15) is 5.75 Å². The molecule has 7 heteroatoms. The maximum Gasteiger partial charge on any atom is 0.335 e. The molecule has 1 fully saturated rings. The number of hydrogen-bond acceptors (Lipinski definition) is 4. The van der Waals surface area contributed by atoms with Crippen molar-refractivity contribution in [1.82, 2.24) is 4.90 Å². The molecule has 1 unspecified atom stereocenters. The number of rotatable bonds is 2. The molecule has 1 heterocycles. The monoisotopic (exact) mass is 266 g/mol. The number of carboxylic acid groups (broad SMARTS) is 1. The largest absolute Gasteiger partial charge is 0.506 e. The van der Waals surface area contributed by atoms with Crippen LogP contribution in [-0.4, -0.2) is 51.4 Å². The summed E-state index contributed by atoms with van der Waals surface area (Å²) in [6, 6.07) is 3.24. The fourth-order valence-corrected chi connectivity index (χ4v) is 1.89. The van der Waals surface area contributed by atoms with Gasteiger partial charge in [0.25, 0.3) is 0 Å². The molecule has 1 aliphatic rings. The Morgan fingerprint density at radius 3 is 2.63 bits per heavy atom. The Hall–Kier alpha value is -2.28. The highest BCUT2D eigenvalue weighted by Crippen LogP contribution is 2.25. The molecule has 7 nitrogen and oxygen atoms in total. The van der Waals surface area contributed by atoms with E-state index >= 15 is 0 Å². The second kappa shape index (κ2) is 5.15. The summed E-state index contributed by atoms with van der Waals surface area (Å²) in [6.07, 6.45) is 0.00546. The highest BCUT2D eigenvalue weighted by molar-refractivity contribution is 5.93. The summed E-state index contributed by atoms with van der Waals surface area (Å²) in [6.45, 7) is 0.695. The zero-order chi connectivity index (χ0) is 14.0. The average Bonchev–Trinajstić information content (AvgIpc) is 2.78. The summed E-state index contributed by atoms with van der Waals surface area (Å²) in [7, 11) is 0. The molecule has 0 radical (unpaired) electrons. The zero-order valence-electron chi connectivity index (χ0n) is 10.0. The molecule has 1 aliphatic heterocycles. The summed E-state index contributed by atoms with van der Waals surface area (Å²) in [4.78, 5) is 23.9. The molecule has 0 spiro atoms. The summed E-state index contributed by atoms with van der Waals surface area (Å²) in [5, 5.41) is 30.2. The van der Waals surface area contributed by atoms with Crippen molar-refractivity contribution in [2.75, 3.05) is 18.4 Å². The second-order valence-electron chi connectivity index (χ2n) is 4.36. The topological polar surface area (TPSA) is 110 Å². The molecule has 2 rings (SSSR count). The van der Waals surface area contributed by atoms with Crippen LogP contribution in [0.4, 0.5) is 10.5 Å². The summed E-state index contributed by atoms with van der Waals surface area (Å²) in [5.74, 6) is -1.47. The minimum atomic E-state index is -1.16. The minimum Gasteiger partial charge on any atom is -0.506 e. The smallest absolute Gasteiger partial charge is 0.335 e. The molecule has 0 saturated carbocycles. The maximum absolute atomic E-state index is 11.8. The SMILES string of the molecule is O=C(O)c1ccc(NC(=O)N2CCC(O)C2)c(O)c1. The van der Waals surface area contributed by atoms with Crippen molar-refractivity contribution >= 4 is 17.7 Å². The second-order valence-corrected chi connectivity index (χ2v) is 4.36. The van der Waals surface area contributed by atoms with Crippen LogP contribution in [0.1, 0.15) is 16.8 Å². The van der Waals surface area contributed by atoms with Crippen molar-refractivity contribution in [2.24, 2.45) is 0 Å². The van der Waals surface area contributed by atoms with Gasteiger partial charge >= 0.3 is 12.0 Å². The highest BCUT2D eigenvalue weighted by atomic mass is 16.4. The predicted octanol–water partition coefficient (Wildman–Crippen LogP) is 0.689. The number of carbonyl (C=O) groups is 2. The Kier molecular flexibility index (Phi) is 3.57. The van der Waals surface area contributed by atoms with Gasteiger partial charge in [0, 0.05) is 13.1 Å². The van der Waals surface area contributed by atoms with E-state index in [9.17, 15) is 19.8 Å². The number of phenols is 1. The van der Waals surface area contributed by atoms with Gasteiger partial charge < -0.3 is 25.5 Å². The van der Waals surface area contributed by atoms with Crippen LogP contribution in [0.25, 0.3) is 0 Å². The number of nitrogens with one attached hydrogen (secondary N) is 1. The molecule has 2 amide bonds. The lowest BCUT2D eigenvalue weighted by Crippen LogP contribution is -2.33. The van der Waals surface area contributed by atoms with E-state index < -0.39 is 18.1 Å². The number of hydrogen-bond donors (Lipinski definition) is 4. The molecule has 0 aromatic heterocycles. The first-order chi connectivity index (χ1) is 8.97. The first kappa shape index (κ1) is 13.2. The highest BCUT2D eigenvalue weighted by Gasteiger charge is 2.25. The van der Waals surface area contributed by atoms with E-state index in [1.165, 1.54) is 17.0 Å². The van der Waals surface area contributed by atoms with Crippen molar-refractivity contribution in [2.45, 2.75) is 12.5 Å². The quantitative estimate of drug-likeness (QED) is 0.589. The Balaban J connectivity index is 2.07. The molecule has 4 N–H and O–H groups in total. The van der Waals surface area contributed by atoms with E-state index in [0.29, 0.717) is 13.0 Å². The number of carbonyl (C=O) groups excluding carboxylic acids is 1. The van der Waals surface area contributed by atoms with Crippen LogP contribution in [-0.2, 0) is 0 Å². The number of amides is 2. The normalized spacial score (nSPS) is 18.4. The number of aliphatic hydroxyl groups excluding tert-OH is 1. The number of phenolic OH excluding ortho intramolecular Hbond substituents is 1. The third-order valence-corrected chi connectivity index (χ3v) is 2.94. The maximum atomic E-state index is 11.8. The lowest BCUT2D eigenvalue weighted by atomic mass is 10.2. The molecule has 0 bridgehead atoms. The Labute approximate surface area is 109 Å². The Morgan fingerprint density at radius 1 is 1.37 bits per heavy atom. The van der Waals surface area contributed by atoms with Gasteiger partial charge in [-0.25, -0.2) is 9.59 Å². The van der Waals surface area contributed by atoms with Gasteiger partial charge in [0.2, 0.25) is 0 Å². The third-order valence-electron chi connectivity index (χ3n) is 2.94. The molecule has 1 atom stereocenters. The predicted molar refractivity (Wildman–Crippen MR) is 66.3 cm³/mol. The molecule has 19 heavy (non-hydrogen) atoms. The van der Waals surface area contributed by atoms with Gasteiger partial charge in [-0.15, -0.1) is 0 Å². The van der Waals surface area contributed by atoms with Crippen LogP contribution in [0.3, 0.4) is 0 Å². The fraction of sp³-hybridized carbons (Fsp3) is 0.333. The van der Waals surface area contributed by atoms with Gasteiger partial charge in [0.15, 0.2) is 0 Å². The van der Waals surface area contributed by atoms with E-state index in [4.69, 9.17) is 5.11 Å². The molecule has 1 saturated heterocycles. The van der Waals surface area contributed by atoms with Crippen LogP contribution in [0.5, 0.6) is 5.75 Å². The van der Waals surface area contributed by atoms with Crippen LogP contribution < -0.4 is 5.32 Å². The Morgan fingerprint density at radius 2 is 2.11 bits per heavy atom. The van der Waals surface area contributed by atoms with E-state index in [0.717, 1.165) is 6.07 Å². The van der Waals surface area contributed by atoms with E-state index in [1.54, 1.807) is 0 Å².